The van der Waals surface area contributed by atoms with Crippen LogP contribution < -0.4 is 10.2 Å². The molecule has 29 heavy (non-hydrogen) atoms. The number of piperazine rings is 1. The van der Waals surface area contributed by atoms with E-state index in [1.165, 1.54) is 28.7 Å². The van der Waals surface area contributed by atoms with E-state index in [2.05, 4.69) is 50.8 Å². The van der Waals surface area contributed by atoms with Gasteiger partial charge in [-0.3, -0.25) is 0 Å². The Morgan fingerprint density at radius 1 is 1.10 bits per heavy atom. The third-order valence-electron chi connectivity index (χ3n) is 4.89. The molecule has 0 unspecified atom stereocenters. The minimum Gasteiger partial charge on any atom is -0.343 e. The van der Waals surface area contributed by atoms with Crippen LogP contribution in [0, 0.1) is 12.7 Å². The summed E-state index contributed by atoms with van der Waals surface area (Å²) >= 11 is 1.39. The van der Waals surface area contributed by atoms with Crippen molar-refractivity contribution in [2.45, 2.75) is 13.3 Å². The van der Waals surface area contributed by atoms with Gasteiger partial charge in [0.2, 0.25) is 5.13 Å². The van der Waals surface area contributed by atoms with Crippen LogP contribution >= 0.6 is 11.5 Å². The molecule has 1 aliphatic rings. The van der Waals surface area contributed by atoms with E-state index in [1.807, 2.05) is 0 Å². The fraction of sp³-hybridized carbons (Fsp3) is 0.286. The number of para-hydroxylation sites is 1. The Morgan fingerprint density at radius 3 is 2.55 bits per heavy atom. The number of nitrogens with zero attached hydrogens (tertiary/aromatic N) is 4. The quantitative estimate of drug-likeness (QED) is 0.707. The number of hydrogen-bond acceptors (Lipinski definition) is 5. The number of nitrogens with one attached hydrogen (secondary N) is 1. The summed E-state index contributed by atoms with van der Waals surface area (Å²) in [5.41, 5.74) is 2.62. The van der Waals surface area contributed by atoms with Crippen LogP contribution in [0.4, 0.5) is 20.0 Å². The van der Waals surface area contributed by atoms with Gasteiger partial charge in [-0.25, -0.2) is 14.2 Å². The number of amides is 2. The van der Waals surface area contributed by atoms with Crippen molar-refractivity contribution >= 4 is 28.4 Å². The van der Waals surface area contributed by atoms with Gasteiger partial charge >= 0.3 is 6.03 Å². The van der Waals surface area contributed by atoms with Gasteiger partial charge in [-0.05, 0) is 24.6 Å². The van der Waals surface area contributed by atoms with Crippen LogP contribution in [0.15, 0.2) is 48.5 Å². The van der Waals surface area contributed by atoms with Gasteiger partial charge in [0, 0.05) is 44.1 Å². The maximum atomic E-state index is 13.7. The second kappa shape index (κ2) is 8.57. The normalized spacial score (nSPS) is 14.1. The lowest BCUT2D eigenvalue weighted by atomic mass is 10.1. The highest BCUT2D eigenvalue weighted by Gasteiger charge is 2.23. The maximum absolute atomic E-state index is 13.7. The summed E-state index contributed by atoms with van der Waals surface area (Å²) in [7, 11) is 0. The predicted molar refractivity (Wildman–Crippen MR) is 113 cm³/mol. The van der Waals surface area contributed by atoms with Gasteiger partial charge in [0.05, 0.1) is 5.69 Å². The van der Waals surface area contributed by atoms with Crippen LogP contribution in [0.3, 0.4) is 0 Å². The molecule has 8 heteroatoms. The Kier molecular flexibility index (Phi) is 5.71. The number of hydrogen-bond donors (Lipinski definition) is 1. The summed E-state index contributed by atoms with van der Waals surface area (Å²) in [5.74, 6) is 0.378. The first-order chi connectivity index (χ1) is 14.1. The smallest absolute Gasteiger partial charge is 0.322 e. The van der Waals surface area contributed by atoms with Gasteiger partial charge in [-0.1, -0.05) is 42.0 Å². The van der Waals surface area contributed by atoms with Crippen LogP contribution in [0.25, 0.3) is 0 Å². The average molecular weight is 412 g/mol. The van der Waals surface area contributed by atoms with Gasteiger partial charge in [0.1, 0.15) is 11.6 Å². The molecule has 1 saturated heterocycles. The zero-order chi connectivity index (χ0) is 20.2. The summed E-state index contributed by atoms with van der Waals surface area (Å²) in [6.45, 7) is 4.51. The van der Waals surface area contributed by atoms with Crippen molar-refractivity contribution in [1.82, 2.24) is 14.3 Å². The predicted octanol–water partition coefficient (Wildman–Crippen LogP) is 3.93. The largest absolute Gasteiger partial charge is 0.343 e. The number of halogens is 1. The number of carbonyl (C=O) groups is 1. The van der Waals surface area contributed by atoms with E-state index in [9.17, 15) is 9.18 Å². The SMILES string of the molecule is Cc1ccc(Cc2nsc(N3CCN(C(=O)Nc4ccccc4F)CC3)n2)cc1. The summed E-state index contributed by atoms with van der Waals surface area (Å²) in [4.78, 5) is 20.9. The van der Waals surface area contributed by atoms with Gasteiger partial charge in [-0.2, -0.15) is 4.37 Å². The van der Waals surface area contributed by atoms with Crippen molar-refractivity contribution in [3.63, 3.8) is 0 Å². The average Bonchev–Trinajstić information content (AvgIpc) is 3.20. The van der Waals surface area contributed by atoms with E-state index in [4.69, 9.17) is 0 Å². The Bertz CT molecular complexity index is 983. The molecule has 150 valence electrons. The molecular formula is C21H22FN5OS. The summed E-state index contributed by atoms with van der Waals surface area (Å²) in [6.07, 6.45) is 0.710. The molecular weight excluding hydrogens is 389 g/mol. The van der Waals surface area contributed by atoms with E-state index in [0.717, 1.165) is 11.0 Å². The first-order valence-electron chi connectivity index (χ1n) is 9.52. The number of carbonyl (C=O) groups excluding carboxylic acids is 1. The molecule has 6 nitrogen and oxygen atoms in total. The first-order valence-corrected chi connectivity index (χ1v) is 10.3. The van der Waals surface area contributed by atoms with Crippen LogP contribution in [-0.4, -0.2) is 46.5 Å². The molecule has 1 N–H and O–H groups in total. The van der Waals surface area contributed by atoms with Gasteiger partial charge in [-0.15, -0.1) is 0 Å². The van der Waals surface area contributed by atoms with E-state index in [1.54, 1.807) is 23.1 Å². The number of benzene rings is 2. The van der Waals surface area contributed by atoms with Crippen LogP contribution in [0.1, 0.15) is 17.0 Å². The molecule has 2 amide bonds. The lowest BCUT2D eigenvalue weighted by Crippen LogP contribution is -2.50. The third kappa shape index (κ3) is 4.71. The lowest BCUT2D eigenvalue weighted by Gasteiger charge is -2.34. The molecule has 4 rings (SSSR count). The molecule has 2 aromatic carbocycles. The molecule has 0 saturated carbocycles. The fourth-order valence-electron chi connectivity index (χ4n) is 3.19. The molecule has 1 aliphatic heterocycles. The summed E-state index contributed by atoms with van der Waals surface area (Å²) in [6, 6.07) is 14.3. The molecule has 1 fully saturated rings. The number of aryl methyl sites for hydroxylation is 1. The molecule has 0 aliphatic carbocycles. The van der Waals surface area contributed by atoms with E-state index in [0.29, 0.717) is 32.6 Å². The highest BCUT2D eigenvalue weighted by molar-refractivity contribution is 7.09. The number of anilines is 2. The second-order valence-electron chi connectivity index (χ2n) is 7.04. The van der Waals surface area contributed by atoms with Crippen LogP contribution in [0.2, 0.25) is 0 Å². The van der Waals surface area contributed by atoms with E-state index in [-0.39, 0.29) is 11.7 Å². The monoisotopic (exact) mass is 411 g/mol. The topological polar surface area (TPSA) is 61.4 Å². The maximum Gasteiger partial charge on any atom is 0.322 e. The van der Waals surface area contributed by atoms with Gasteiger partial charge < -0.3 is 15.1 Å². The number of urea groups is 1. The Balaban J connectivity index is 1.31. The zero-order valence-electron chi connectivity index (χ0n) is 16.1. The fourth-order valence-corrected chi connectivity index (χ4v) is 3.93. The molecule has 0 spiro atoms. The molecule has 1 aromatic heterocycles. The standard InChI is InChI=1S/C21H22FN5OS/c1-15-6-8-16(9-7-15)14-19-24-21(29-25-19)27-12-10-26(11-13-27)20(28)23-18-5-3-2-4-17(18)22/h2-9H,10-14H2,1H3,(H,23,28). The highest BCUT2D eigenvalue weighted by atomic mass is 32.1. The Hall–Kier alpha value is -3.00. The summed E-state index contributed by atoms with van der Waals surface area (Å²) < 4.78 is 18.2. The van der Waals surface area contributed by atoms with Crippen molar-refractivity contribution in [2.24, 2.45) is 0 Å². The third-order valence-corrected chi connectivity index (χ3v) is 5.71. The molecule has 3 aromatic rings. The van der Waals surface area contributed by atoms with Crippen molar-refractivity contribution in [3.05, 3.63) is 71.3 Å². The summed E-state index contributed by atoms with van der Waals surface area (Å²) in [5, 5.41) is 3.51. The van der Waals surface area contributed by atoms with Gasteiger partial charge in [0.15, 0.2) is 0 Å². The minimum absolute atomic E-state index is 0.199. The Labute approximate surface area is 173 Å². The molecule has 0 bridgehead atoms. The lowest BCUT2D eigenvalue weighted by molar-refractivity contribution is 0.208. The van der Waals surface area contributed by atoms with Crippen molar-refractivity contribution in [2.75, 3.05) is 36.4 Å². The van der Waals surface area contributed by atoms with Crippen LogP contribution in [0.5, 0.6) is 0 Å². The molecule has 0 atom stereocenters. The Morgan fingerprint density at radius 2 is 1.83 bits per heavy atom. The van der Waals surface area contributed by atoms with Crippen molar-refractivity contribution in [3.8, 4) is 0 Å². The van der Waals surface area contributed by atoms with E-state index < -0.39 is 5.82 Å². The highest BCUT2D eigenvalue weighted by Crippen LogP contribution is 2.21. The molecule has 2 heterocycles. The second-order valence-corrected chi connectivity index (χ2v) is 7.77. The van der Waals surface area contributed by atoms with Crippen LogP contribution in [-0.2, 0) is 6.42 Å². The zero-order valence-corrected chi connectivity index (χ0v) is 17.0. The van der Waals surface area contributed by atoms with E-state index >= 15 is 0 Å². The van der Waals surface area contributed by atoms with Crippen molar-refractivity contribution < 1.29 is 9.18 Å². The number of rotatable bonds is 4. The number of aromatic nitrogens is 2. The first kappa shape index (κ1) is 19.3. The molecule has 0 radical (unpaired) electrons. The van der Waals surface area contributed by atoms with Gasteiger partial charge in [0.25, 0.3) is 0 Å². The van der Waals surface area contributed by atoms with Crippen molar-refractivity contribution in [1.29, 1.82) is 0 Å². The minimum atomic E-state index is -0.436.